The first-order valence-electron chi connectivity index (χ1n) is 6.92. The molecule has 4 unspecified atom stereocenters. The molecular weight excluding hydrogens is 200 g/mol. The standard InChI is InChI=1S/C14H28O2/c1-5-7-11(3)13-9-16-14(10-15-13)12(4)8-6-2/h11-14H,5-10H2,1-4H3. The summed E-state index contributed by atoms with van der Waals surface area (Å²) in [6.07, 6.45) is 5.59. The number of ether oxygens (including phenoxy) is 2. The Bertz CT molecular complexity index is 154. The van der Waals surface area contributed by atoms with Crippen molar-refractivity contribution in [3.63, 3.8) is 0 Å². The van der Waals surface area contributed by atoms with Crippen LogP contribution >= 0.6 is 0 Å². The average Bonchev–Trinajstić information content (AvgIpc) is 2.30. The zero-order chi connectivity index (χ0) is 12.0. The quantitative estimate of drug-likeness (QED) is 0.691. The highest BCUT2D eigenvalue weighted by Gasteiger charge is 2.28. The summed E-state index contributed by atoms with van der Waals surface area (Å²) >= 11 is 0. The summed E-state index contributed by atoms with van der Waals surface area (Å²) in [6.45, 7) is 10.6. The van der Waals surface area contributed by atoms with Gasteiger partial charge in [0.2, 0.25) is 0 Å². The first-order chi connectivity index (χ1) is 7.69. The van der Waals surface area contributed by atoms with Crippen LogP contribution in [0, 0.1) is 11.8 Å². The zero-order valence-electron chi connectivity index (χ0n) is 11.4. The molecule has 96 valence electrons. The summed E-state index contributed by atoms with van der Waals surface area (Å²) in [4.78, 5) is 0. The van der Waals surface area contributed by atoms with Crippen molar-refractivity contribution in [2.45, 2.75) is 65.6 Å². The third kappa shape index (κ3) is 4.06. The summed E-state index contributed by atoms with van der Waals surface area (Å²) in [5.41, 5.74) is 0. The van der Waals surface area contributed by atoms with Crippen molar-refractivity contribution in [2.75, 3.05) is 13.2 Å². The summed E-state index contributed by atoms with van der Waals surface area (Å²) in [7, 11) is 0. The van der Waals surface area contributed by atoms with Gasteiger partial charge >= 0.3 is 0 Å². The van der Waals surface area contributed by atoms with E-state index >= 15 is 0 Å². The summed E-state index contributed by atoms with van der Waals surface area (Å²) in [5.74, 6) is 1.26. The first-order valence-corrected chi connectivity index (χ1v) is 6.92. The van der Waals surface area contributed by atoms with Crippen LogP contribution in [-0.4, -0.2) is 25.4 Å². The van der Waals surface area contributed by atoms with Crippen molar-refractivity contribution in [1.82, 2.24) is 0 Å². The molecule has 0 aromatic carbocycles. The van der Waals surface area contributed by atoms with Crippen molar-refractivity contribution in [3.8, 4) is 0 Å². The van der Waals surface area contributed by atoms with Crippen molar-refractivity contribution >= 4 is 0 Å². The Labute approximate surface area is 101 Å². The van der Waals surface area contributed by atoms with Crippen LogP contribution in [0.15, 0.2) is 0 Å². The molecule has 2 heteroatoms. The maximum Gasteiger partial charge on any atom is 0.0835 e. The van der Waals surface area contributed by atoms with Gasteiger partial charge in [-0.15, -0.1) is 0 Å². The van der Waals surface area contributed by atoms with Crippen LogP contribution in [0.1, 0.15) is 53.4 Å². The SMILES string of the molecule is CCCC(C)C1COC(C(C)CCC)CO1. The Morgan fingerprint density at radius 3 is 1.50 bits per heavy atom. The third-order valence-electron chi connectivity index (χ3n) is 3.71. The van der Waals surface area contributed by atoms with Crippen molar-refractivity contribution in [3.05, 3.63) is 0 Å². The van der Waals surface area contributed by atoms with Crippen LogP contribution in [0.3, 0.4) is 0 Å². The molecule has 0 saturated carbocycles. The molecule has 0 aromatic heterocycles. The zero-order valence-corrected chi connectivity index (χ0v) is 11.4. The van der Waals surface area contributed by atoms with Crippen LogP contribution in [-0.2, 0) is 9.47 Å². The molecule has 0 bridgehead atoms. The van der Waals surface area contributed by atoms with E-state index in [1.807, 2.05) is 0 Å². The molecule has 0 amide bonds. The fraction of sp³-hybridized carbons (Fsp3) is 1.00. The van der Waals surface area contributed by atoms with E-state index < -0.39 is 0 Å². The molecule has 2 nitrogen and oxygen atoms in total. The Morgan fingerprint density at radius 2 is 1.25 bits per heavy atom. The van der Waals surface area contributed by atoms with Gasteiger partial charge in [0, 0.05) is 0 Å². The van der Waals surface area contributed by atoms with Crippen molar-refractivity contribution in [1.29, 1.82) is 0 Å². The Hall–Kier alpha value is -0.0800. The smallest absolute Gasteiger partial charge is 0.0835 e. The Kier molecular flexibility index (Phi) is 6.37. The van der Waals surface area contributed by atoms with E-state index in [4.69, 9.17) is 9.47 Å². The lowest BCUT2D eigenvalue weighted by Crippen LogP contribution is -2.41. The number of hydrogen-bond donors (Lipinski definition) is 0. The normalized spacial score (nSPS) is 30.0. The fourth-order valence-electron chi connectivity index (χ4n) is 2.47. The van der Waals surface area contributed by atoms with E-state index in [-0.39, 0.29) is 0 Å². The van der Waals surface area contributed by atoms with Gasteiger partial charge in [-0.2, -0.15) is 0 Å². The highest BCUT2D eigenvalue weighted by molar-refractivity contribution is 4.75. The molecule has 0 spiro atoms. The van der Waals surface area contributed by atoms with E-state index in [1.54, 1.807) is 0 Å². The molecule has 1 aliphatic heterocycles. The second kappa shape index (κ2) is 7.29. The summed E-state index contributed by atoms with van der Waals surface area (Å²) in [5, 5.41) is 0. The van der Waals surface area contributed by atoms with Gasteiger partial charge in [0.1, 0.15) is 0 Å². The van der Waals surface area contributed by atoms with Gasteiger partial charge in [0.15, 0.2) is 0 Å². The number of hydrogen-bond acceptors (Lipinski definition) is 2. The van der Waals surface area contributed by atoms with Crippen molar-refractivity contribution < 1.29 is 9.47 Å². The molecule has 1 aliphatic rings. The lowest BCUT2D eigenvalue weighted by molar-refractivity contribution is -0.163. The van der Waals surface area contributed by atoms with E-state index in [2.05, 4.69) is 27.7 Å². The molecule has 0 aliphatic carbocycles. The highest BCUT2D eigenvalue weighted by atomic mass is 16.6. The van der Waals surface area contributed by atoms with Gasteiger partial charge in [0.05, 0.1) is 25.4 Å². The van der Waals surface area contributed by atoms with E-state index in [0.29, 0.717) is 24.0 Å². The van der Waals surface area contributed by atoms with Crippen LogP contribution < -0.4 is 0 Å². The highest BCUT2D eigenvalue weighted by Crippen LogP contribution is 2.23. The molecule has 16 heavy (non-hydrogen) atoms. The molecule has 4 atom stereocenters. The molecule has 1 saturated heterocycles. The van der Waals surface area contributed by atoms with E-state index in [9.17, 15) is 0 Å². The molecule has 0 aromatic rings. The lowest BCUT2D eigenvalue weighted by atomic mass is 9.96. The second-order valence-electron chi connectivity index (χ2n) is 5.28. The second-order valence-corrected chi connectivity index (χ2v) is 5.28. The van der Waals surface area contributed by atoms with E-state index in [1.165, 1.54) is 25.7 Å². The summed E-state index contributed by atoms with van der Waals surface area (Å²) < 4.78 is 11.9. The van der Waals surface area contributed by atoms with Gasteiger partial charge in [-0.25, -0.2) is 0 Å². The largest absolute Gasteiger partial charge is 0.373 e. The maximum absolute atomic E-state index is 5.95. The first kappa shape index (κ1) is 14.0. The van der Waals surface area contributed by atoms with Gasteiger partial charge in [-0.3, -0.25) is 0 Å². The molecular formula is C14H28O2. The van der Waals surface area contributed by atoms with Crippen LogP contribution in [0.2, 0.25) is 0 Å². The van der Waals surface area contributed by atoms with E-state index in [0.717, 1.165) is 13.2 Å². The Balaban J connectivity index is 2.27. The van der Waals surface area contributed by atoms with Crippen LogP contribution in [0.5, 0.6) is 0 Å². The predicted molar refractivity (Wildman–Crippen MR) is 67.6 cm³/mol. The van der Waals surface area contributed by atoms with Crippen molar-refractivity contribution in [2.24, 2.45) is 11.8 Å². The molecule has 1 heterocycles. The number of rotatable bonds is 6. The van der Waals surface area contributed by atoms with Crippen LogP contribution in [0.4, 0.5) is 0 Å². The third-order valence-corrected chi connectivity index (χ3v) is 3.71. The minimum Gasteiger partial charge on any atom is -0.373 e. The Morgan fingerprint density at radius 1 is 0.875 bits per heavy atom. The van der Waals surface area contributed by atoms with Gasteiger partial charge in [-0.05, 0) is 24.7 Å². The van der Waals surface area contributed by atoms with Gasteiger partial charge in [0.25, 0.3) is 0 Å². The maximum atomic E-state index is 5.95. The molecule has 0 N–H and O–H groups in total. The fourth-order valence-corrected chi connectivity index (χ4v) is 2.47. The summed E-state index contributed by atoms with van der Waals surface area (Å²) in [6, 6.07) is 0. The minimum atomic E-state index is 0.324. The van der Waals surface area contributed by atoms with Gasteiger partial charge in [-0.1, -0.05) is 40.5 Å². The lowest BCUT2D eigenvalue weighted by Gasteiger charge is -2.35. The average molecular weight is 228 g/mol. The predicted octanol–water partition coefficient (Wildman–Crippen LogP) is 3.64. The molecule has 0 radical (unpaired) electrons. The van der Waals surface area contributed by atoms with Gasteiger partial charge < -0.3 is 9.47 Å². The van der Waals surface area contributed by atoms with Crippen LogP contribution in [0.25, 0.3) is 0 Å². The monoisotopic (exact) mass is 228 g/mol. The topological polar surface area (TPSA) is 18.5 Å². The molecule has 1 fully saturated rings. The minimum absolute atomic E-state index is 0.324. The molecule has 1 rings (SSSR count).